The van der Waals surface area contributed by atoms with Crippen molar-refractivity contribution in [2.45, 2.75) is 0 Å². The van der Waals surface area contributed by atoms with Gasteiger partial charge < -0.3 is 20.1 Å². The van der Waals surface area contributed by atoms with E-state index >= 15 is 0 Å². The number of nitrogens with one attached hydrogen (secondary N) is 2. The predicted octanol–water partition coefficient (Wildman–Crippen LogP) is 2.14. The molecule has 138 valence electrons. The smallest absolute Gasteiger partial charge is 0.257 e. The van der Waals surface area contributed by atoms with Crippen molar-refractivity contribution in [3.8, 4) is 11.5 Å². The molecule has 0 atom stereocenters. The van der Waals surface area contributed by atoms with Crippen molar-refractivity contribution in [3.05, 3.63) is 59.2 Å². The maximum absolute atomic E-state index is 13.5. The Morgan fingerprint density at radius 1 is 0.885 bits per heavy atom. The van der Waals surface area contributed by atoms with Crippen LogP contribution in [0, 0.1) is 11.6 Å². The predicted molar refractivity (Wildman–Crippen MR) is 90.6 cm³/mol. The number of methoxy groups -OCH3 is 2. The van der Waals surface area contributed by atoms with E-state index in [1.807, 2.05) is 0 Å². The highest BCUT2D eigenvalue weighted by atomic mass is 19.1. The van der Waals surface area contributed by atoms with Gasteiger partial charge in [-0.15, -0.1) is 0 Å². The van der Waals surface area contributed by atoms with Crippen molar-refractivity contribution in [2.24, 2.45) is 0 Å². The Morgan fingerprint density at radius 3 is 2.04 bits per heavy atom. The Hall–Kier alpha value is -3.16. The van der Waals surface area contributed by atoms with Crippen LogP contribution in [-0.4, -0.2) is 39.1 Å². The van der Waals surface area contributed by atoms with Gasteiger partial charge >= 0.3 is 0 Å². The highest BCUT2D eigenvalue weighted by Gasteiger charge is 2.18. The number of benzene rings is 2. The lowest BCUT2D eigenvalue weighted by molar-refractivity contribution is 0.0921. The Labute approximate surface area is 149 Å². The molecule has 2 N–H and O–H groups in total. The van der Waals surface area contributed by atoms with Crippen LogP contribution in [-0.2, 0) is 0 Å². The average Bonchev–Trinajstić information content (AvgIpc) is 2.64. The molecule has 0 aliphatic carbocycles. The second kappa shape index (κ2) is 8.80. The topological polar surface area (TPSA) is 76.7 Å². The molecular formula is C18H18F2N2O4. The minimum atomic E-state index is -0.951. The van der Waals surface area contributed by atoms with Gasteiger partial charge in [0.25, 0.3) is 11.8 Å². The third-order valence-electron chi connectivity index (χ3n) is 3.53. The number of hydrogen-bond acceptors (Lipinski definition) is 4. The summed E-state index contributed by atoms with van der Waals surface area (Å²) in [6, 6.07) is 8.01. The Kier molecular flexibility index (Phi) is 6.48. The van der Waals surface area contributed by atoms with E-state index in [2.05, 4.69) is 10.6 Å². The average molecular weight is 364 g/mol. The Balaban J connectivity index is 1.92. The van der Waals surface area contributed by atoms with Gasteiger partial charge in [0.1, 0.15) is 17.2 Å². The monoisotopic (exact) mass is 364 g/mol. The zero-order valence-electron chi connectivity index (χ0n) is 14.3. The van der Waals surface area contributed by atoms with Gasteiger partial charge in [-0.05, 0) is 24.3 Å². The second-order valence-electron chi connectivity index (χ2n) is 5.15. The van der Waals surface area contributed by atoms with E-state index in [1.165, 1.54) is 20.3 Å². The number of carbonyl (C=O) groups is 2. The number of rotatable bonds is 7. The fraction of sp³-hybridized carbons (Fsp3) is 0.222. The molecule has 2 rings (SSSR count). The number of hydrogen-bond donors (Lipinski definition) is 2. The fourth-order valence-electron chi connectivity index (χ4n) is 2.32. The van der Waals surface area contributed by atoms with Gasteiger partial charge in [0.15, 0.2) is 11.5 Å². The van der Waals surface area contributed by atoms with Gasteiger partial charge in [0.2, 0.25) is 0 Å². The largest absolute Gasteiger partial charge is 0.493 e. The van der Waals surface area contributed by atoms with Gasteiger partial charge in [0.05, 0.1) is 19.8 Å². The second-order valence-corrected chi connectivity index (χ2v) is 5.15. The number of amides is 2. The first-order valence-electron chi connectivity index (χ1n) is 7.71. The van der Waals surface area contributed by atoms with Gasteiger partial charge in [0, 0.05) is 13.1 Å². The maximum Gasteiger partial charge on any atom is 0.257 e. The lowest BCUT2D eigenvalue weighted by atomic mass is 10.1. The Bertz CT molecular complexity index is 792. The molecule has 0 heterocycles. The number of halogens is 2. The molecule has 2 aromatic rings. The fourth-order valence-corrected chi connectivity index (χ4v) is 2.32. The van der Waals surface area contributed by atoms with Gasteiger partial charge in [-0.25, -0.2) is 8.78 Å². The summed E-state index contributed by atoms with van der Waals surface area (Å²) in [4.78, 5) is 24.1. The van der Waals surface area contributed by atoms with Gasteiger partial charge in [-0.2, -0.15) is 0 Å². The van der Waals surface area contributed by atoms with E-state index in [0.717, 1.165) is 12.1 Å². The van der Waals surface area contributed by atoms with Crippen LogP contribution < -0.4 is 20.1 Å². The summed E-state index contributed by atoms with van der Waals surface area (Å²) < 4.78 is 37.3. The van der Waals surface area contributed by atoms with Crippen molar-refractivity contribution in [2.75, 3.05) is 27.3 Å². The highest BCUT2D eigenvalue weighted by Crippen LogP contribution is 2.30. The normalized spacial score (nSPS) is 10.2. The van der Waals surface area contributed by atoms with E-state index in [4.69, 9.17) is 9.47 Å². The molecule has 26 heavy (non-hydrogen) atoms. The summed E-state index contributed by atoms with van der Waals surface area (Å²) in [5.41, 5.74) is -0.397. The minimum Gasteiger partial charge on any atom is -0.493 e. The molecule has 6 nitrogen and oxygen atoms in total. The molecule has 0 saturated heterocycles. The standard InChI is InChI=1S/C18H18F2N2O4/c1-25-14-8-3-5-11(16(14)26-2)17(23)21-9-10-22-18(24)15-12(19)6-4-7-13(15)20/h3-8H,9-10H2,1-2H3,(H,21,23)(H,22,24). The molecule has 0 fully saturated rings. The number of ether oxygens (including phenoxy) is 2. The molecule has 8 heteroatoms. The molecule has 0 aromatic heterocycles. The van der Waals surface area contributed by atoms with Crippen molar-refractivity contribution < 1.29 is 27.8 Å². The summed E-state index contributed by atoms with van der Waals surface area (Å²) in [6.07, 6.45) is 0. The molecule has 0 saturated carbocycles. The van der Waals surface area contributed by atoms with Crippen LogP contribution in [0.2, 0.25) is 0 Å². The van der Waals surface area contributed by atoms with Crippen LogP contribution in [0.3, 0.4) is 0 Å². The summed E-state index contributed by atoms with van der Waals surface area (Å²) in [5, 5.41) is 4.93. The van der Waals surface area contributed by atoms with Crippen molar-refractivity contribution in [1.82, 2.24) is 10.6 Å². The van der Waals surface area contributed by atoms with Crippen LogP contribution in [0.5, 0.6) is 11.5 Å². The number of para-hydroxylation sites is 1. The van der Waals surface area contributed by atoms with E-state index in [0.29, 0.717) is 5.75 Å². The zero-order chi connectivity index (χ0) is 19.1. The van der Waals surface area contributed by atoms with Crippen LogP contribution in [0.4, 0.5) is 8.78 Å². The summed E-state index contributed by atoms with van der Waals surface area (Å²) in [5.74, 6) is -2.55. The van der Waals surface area contributed by atoms with Crippen molar-refractivity contribution >= 4 is 11.8 Å². The molecule has 2 aromatic carbocycles. The molecule has 0 spiro atoms. The Morgan fingerprint density at radius 2 is 1.46 bits per heavy atom. The van der Waals surface area contributed by atoms with Crippen LogP contribution in [0.25, 0.3) is 0 Å². The molecule has 0 aliphatic heterocycles. The molecule has 2 amide bonds. The van der Waals surface area contributed by atoms with Crippen LogP contribution >= 0.6 is 0 Å². The molecule has 0 bridgehead atoms. The third-order valence-corrected chi connectivity index (χ3v) is 3.53. The van der Waals surface area contributed by atoms with Crippen molar-refractivity contribution in [3.63, 3.8) is 0 Å². The lowest BCUT2D eigenvalue weighted by Gasteiger charge is -2.13. The van der Waals surface area contributed by atoms with E-state index in [9.17, 15) is 18.4 Å². The summed E-state index contributed by atoms with van der Waals surface area (Å²) in [7, 11) is 2.87. The maximum atomic E-state index is 13.5. The first-order chi connectivity index (χ1) is 12.5. The van der Waals surface area contributed by atoms with Crippen molar-refractivity contribution in [1.29, 1.82) is 0 Å². The van der Waals surface area contributed by atoms with Gasteiger partial charge in [-0.3, -0.25) is 9.59 Å². The molecular weight excluding hydrogens is 346 g/mol. The number of carbonyl (C=O) groups excluding carboxylic acids is 2. The first-order valence-corrected chi connectivity index (χ1v) is 7.71. The minimum absolute atomic E-state index is 0.00929. The van der Waals surface area contributed by atoms with Crippen LogP contribution in [0.1, 0.15) is 20.7 Å². The molecule has 0 aliphatic rings. The van der Waals surface area contributed by atoms with Crippen LogP contribution in [0.15, 0.2) is 36.4 Å². The van der Waals surface area contributed by atoms with Gasteiger partial charge in [-0.1, -0.05) is 12.1 Å². The third kappa shape index (κ3) is 4.27. The first kappa shape index (κ1) is 19.2. The summed E-state index contributed by atoms with van der Waals surface area (Å²) in [6.45, 7) is 0.0473. The SMILES string of the molecule is COc1cccc(C(=O)NCCNC(=O)c2c(F)cccc2F)c1OC. The quantitative estimate of drug-likeness (QED) is 0.738. The molecule has 0 unspecified atom stereocenters. The van der Waals surface area contributed by atoms with E-state index in [-0.39, 0.29) is 24.4 Å². The summed E-state index contributed by atoms with van der Waals surface area (Å²) >= 11 is 0. The zero-order valence-corrected chi connectivity index (χ0v) is 14.3. The van der Waals surface area contributed by atoms with E-state index < -0.39 is 29.0 Å². The highest BCUT2D eigenvalue weighted by molar-refractivity contribution is 5.98. The lowest BCUT2D eigenvalue weighted by Crippen LogP contribution is -2.35. The van der Waals surface area contributed by atoms with E-state index in [1.54, 1.807) is 18.2 Å². The molecule has 0 radical (unpaired) electrons.